The van der Waals surface area contributed by atoms with Crippen LogP contribution in [0.25, 0.3) is 0 Å². The van der Waals surface area contributed by atoms with Gasteiger partial charge in [-0.05, 0) is 41.9 Å². The van der Waals surface area contributed by atoms with E-state index in [1.165, 1.54) is 31.4 Å². The molecule has 0 atom stereocenters. The highest BCUT2D eigenvalue weighted by atomic mass is 127. The van der Waals surface area contributed by atoms with Crippen molar-refractivity contribution in [1.29, 1.82) is 0 Å². The summed E-state index contributed by atoms with van der Waals surface area (Å²) in [6, 6.07) is 0. The minimum Gasteiger partial charge on any atom is -0.385 e. The van der Waals surface area contributed by atoms with Crippen molar-refractivity contribution in [3.63, 3.8) is 0 Å². The van der Waals surface area contributed by atoms with E-state index in [-0.39, 0.29) is 0 Å². The molecule has 1 heterocycles. The number of ether oxygens (including phenoxy) is 1. The van der Waals surface area contributed by atoms with Gasteiger partial charge in [-0.15, -0.1) is 0 Å². The lowest BCUT2D eigenvalue weighted by Crippen LogP contribution is -2.07. The third kappa shape index (κ3) is 3.54. The van der Waals surface area contributed by atoms with E-state index in [9.17, 15) is 0 Å². The second-order valence-corrected chi connectivity index (χ2v) is 6.14. The van der Waals surface area contributed by atoms with Gasteiger partial charge in [-0.25, -0.2) is 9.97 Å². The van der Waals surface area contributed by atoms with E-state index in [0.717, 1.165) is 28.8 Å². The van der Waals surface area contributed by atoms with Crippen molar-refractivity contribution in [2.45, 2.75) is 44.4 Å². The van der Waals surface area contributed by atoms with Crippen molar-refractivity contribution in [3.05, 3.63) is 20.2 Å². The average Bonchev–Trinajstić information content (AvgIpc) is 2.87. The summed E-state index contributed by atoms with van der Waals surface area (Å²) in [5, 5.41) is 0.611. The molecule has 0 amide bonds. The molecule has 1 aromatic rings. The SMILES string of the molecule is COCCCc1nc(Cl)c(I)c(C2CCCC2)n1. The van der Waals surface area contributed by atoms with Crippen LogP contribution in [0.1, 0.15) is 49.5 Å². The molecular formula is C13H18ClIN2O. The Morgan fingerprint density at radius 1 is 1.33 bits per heavy atom. The topological polar surface area (TPSA) is 35.0 Å². The summed E-state index contributed by atoms with van der Waals surface area (Å²) in [5.41, 5.74) is 1.17. The van der Waals surface area contributed by atoms with Gasteiger partial charge in [0.15, 0.2) is 0 Å². The van der Waals surface area contributed by atoms with Crippen LogP contribution in [0.5, 0.6) is 0 Å². The lowest BCUT2D eigenvalue weighted by Gasteiger charge is -2.13. The Morgan fingerprint density at radius 3 is 2.72 bits per heavy atom. The Kier molecular flexibility index (Phi) is 5.63. The third-order valence-corrected chi connectivity index (χ3v) is 5.03. The summed E-state index contributed by atoms with van der Waals surface area (Å²) in [7, 11) is 1.71. The van der Waals surface area contributed by atoms with Crippen molar-refractivity contribution in [1.82, 2.24) is 9.97 Å². The van der Waals surface area contributed by atoms with E-state index in [1.54, 1.807) is 7.11 Å². The van der Waals surface area contributed by atoms with Gasteiger partial charge < -0.3 is 4.74 Å². The van der Waals surface area contributed by atoms with Crippen LogP contribution in [-0.4, -0.2) is 23.7 Å². The van der Waals surface area contributed by atoms with E-state index in [0.29, 0.717) is 11.1 Å². The Labute approximate surface area is 127 Å². The maximum atomic E-state index is 6.22. The first-order valence-corrected chi connectivity index (χ1v) is 7.88. The summed E-state index contributed by atoms with van der Waals surface area (Å²) >= 11 is 8.50. The van der Waals surface area contributed by atoms with Crippen LogP contribution < -0.4 is 0 Å². The van der Waals surface area contributed by atoms with Crippen LogP contribution in [0.2, 0.25) is 5.15 Å². The quantitative estimate of drug-likeness (QED) is 0.440. The Hall–Kier alpha value is 0.0600. The first kappa shape index (κ1) is 14.5. The fraction of sp³-hybridized carbons (Fsp3) is 0.692. The summed E-state index contributed by atoms with van der Waals surface area (Å²) in [5.74, 6) is 1.44. The van der Waals surface area contributed by atoms with Crippen molar-refractivity contribution in [2.24, 2.45) is 0 Å². The highest BCUT2D eigenvalue weighted by molar-refractivity contribution is 14.1. The summed E-state index contributed by atoms with van der Waals surface area (Å²) in [6.45, 7) is 0.742. The predicted octanol–water partition coefficient (Wildman–Crippen LogP) is 3.97. The number of nitrogens with zero attached hydrogens (tertiary/aromatic N) is 2. The third-order valence-electron chi connectivity index (χ3n) is 3.37. The lowest BCUT2D eigenvalue weighted by molar-refractivity contribution is 0.194. The van der Waals surface area contributed by atoms with E-state index in [2.05, 4.69) is 27.6 Å². The molecule has 100 valence electrons. The Bertz CT molecular complexity index is 408. The lowest BCUT2D eigenvalue weighted by atomic mass is 10.0. The molecular weight excluding hydrogens is 363 g/mol. The summed E-state index contributed by atoms with van der Waals surface area (Å²) in [4.78, 5) is 9.10. The largest absolute Gasteiger partial charge is 0.385 e. The highest BCUT2D eigenvalue weighted by Gasteiger charge is 2.23. The minimum atomic E-state index is 0.582. The van der Waals surface area contributed by atoms with Crippen molar-refractivity contribution in [2.75, 3.05) is 13.7 Å². The van der Waals surface area contributed by atoms with Crippen LogP contribution >= 0.6 is 34.2 Å². The smallest absolute Gasteiger partial charge is 0.146 e. The molecule has 18 heavy (non-hydrogen) atoms. The second-order valence-electron chi connectivity index (χ2n) is 4.71. The molecule has 0 spiro atoms. The van der Waals surface area contributed by atoms with Gasteiger partial charge in [0, 0.05) is 26.1 Å². The second kappa shape index (κ2) is 7.01. The molecule has 1 aromatic heterocycles. The number of halogens is 2. The molecule has 0 saturated heterocycles. The van der Waals surface area contributed by atoms with E-state index < -0.39 is 0 Å². The van der Waals surface area contributed by atoms with Crippen LogP contribution in [-0.2, 0) is 11.2 Å². The van der Waals surface area contributed by atoms with E-state index in [1.807, 2.05) is 0 Å². The van der Waals surface area contributed by atoms with Crippen molar-refractivity contribution >= 4 is 34.2 Å². The molecule has 0 N–H and O–H groups in total. The van der Waals surface area contributed by atoms with Crippen LogP contribution in [0.15, 0.2) is 0 Å². The molecule has 2 rings (SSSR count). The number of methoxy groups -OCH3 is 1. The van der Waals surface area contributed by atoms with Gasteiger partial charge in [0.1, 0.15) is 11.0 Å². The molecule has 0 aromatic carbocycles. The monoisotopic (exact) mass is 380 g/mol. The van der Waals surface area contributed by atoms with Crippen molar-refractivity contribution < 1.29 is 4.74 Å². The molecule has 0 radical (unpaired) electrons. The van der Waals surface area contributed by atoms with Crippen LogP contribution in [0.3, 0.4) is 0 Å². The van der Waals surface area contributed by atoms with Gasteiger partial charge in [0.25, 0.3) is 0 Å². The summed E-state index contributed by atoms with van der Waals surface area (Å²) in [6.07, 6.45) is 6.87. The molecule has 1 saturated carbocycles. The van der Waals surface area contributed by atoms with Crippen LogP contribution in [0, 0.1) is 3.57 Å². The number of aryl methyl sites for hydroxylation is 1. The maximum Gasteiger partial charge on any atom is 0.146 e. The minimum absolute atomic E-state index is 0.582. The van der Waals surface area contributed by atoms with Gasteiger partial charge in [-0.2, -0.15) is 0 Å². The Morgan fingerprint density at radius 2 is 2.06 bits per heavy atom. The van der Waals surface area contributed by atoms with Gasteiger partial charge in [0.05, 0.1) is 9.26 Å². The summed E-state index contributed by atoms with van der Waals surface area (Å²) < 4.78 is 6.10. The zero-order valence-corrected chi connectivity index (χ0v) is 13.5. The average molecular weight is 381 g/mol. The number of hydrogen-bond acceptors (Lipinski definition) is 3. The first-order chi connectivity index (χ1) is 8.72. The zero-order chi connectivity index (χ0) is 13.0. The molecule has 1 aliphatic carbocycles. The zero-order valence-electron chi connectivity index (χ0n) is 10.6. The number of rotatable bonds is 5. The molecule has 0 bridgehead atoms. The van der Waals surface area contributed by atoms with E-state index in [4.69, 9.17) is 21.3 Å². The predicted molar refractivity (Wildman–Crippen MR) is 81.2 cm³/mol. The fourth-order valence-electron chi connectivity index (χ4n) is 2.44. The number of hydrogen-bond donors (Lipinski definition) is 0. The fourth-order valence-corrected chi connectivity index (χ4v) is 3.31. The maximum absolute atomic E-state index is 6.22. The molecule has 0 aliphatic heterocycles. The van der Waals surface area contributed by atoms with Gasteiger partial charge in [-0.3, -0.25) is 0 Å². The molecule has 1 aliphatic rings. The normalized spacial score (nSPS) is 16.4. The Balaban J connectivity index is 2.16. The first-order valence-electron chi connectivity index (χ1n) is 6.43. The molecule has 5 heteroatoms. The van der Waals surface area contributed by atoms with Crippen LogP contribution in [0.4, 0.5) is 0 Å². The molecule has 3 nitrogen and oxygen atoms in total. The van der Waals surface area contributed by atoms with Gasteiger partial charge >= 0.3 is 0 Å². The van der Waals surface area contributed by atoms with E-state index >= 15 is 0 Å². The highest BCUT2D eigenvalue weighted by Crippen LogP contribution is 2.36. The molecule has 0 unspecified atom stereocenters. The molecule has 1 fully saturated rings. The van der Waals surface area contributed by atoms with Gasteiger partial charge in [-0.1, -0.05) is 24.4 Å². The standard InChI is InChI=1S/C13H18ClIN2O/c1-18-8-4-7-10-16-12(9-5-2-3-6-9)11(15)13(14)17-10/h9H,2-8H2,1H3. The van der Waals surface area contributed by atoms with Crippen molar-refractivity contribution in [3.8, 4) is 0 Å². The number of aromatic nitrogens is 2. The van der Waals surface area contributed by atoms with Gasteiger partial charge in [0.2, 0.25) is 0 Å².